The highest BCUT2D eigenvalue weighted by atomic mass is 19.1. The number of nitrogens with one attached hydrogen (secondary N) is 2. The molecule has 0 spiro atoms. The number of benzene rings is 2. The van der Waals surface area contributed by atoms with Gasteiger partial charge in [-0.05, 0) is 54.4 Å². The summed E-state index contributed by atoms with van der Waals surface area (Å²) in [5, 5.41) is 4.40. The van der Waals surface area contributed by atoms with Crippen LogP contribution in [0.5, 0.6) is 5.75 Å². The maximum Gasteiger partial charge on any atom is 0.329 e. The van der Waals surface area contributed by atoms with Gasteiger partial charge in [-0.2, -0.15) is 10.1 Å². The Hall–Kier alpha value is -4.21. The van der Waals surface area contributed by atoms with E-state index >= 15 is 0 Å². The Morgan fingerprint density at radius 3 is 2.50 bits per heavy atom. The maximum absolute atomic E-state index is 13.3. The van der Waals surface area contributed by atoms with Crippen LogP contribution < -0.4 is 21.4 Å². The topological polar surface area (TPSA) is 106 Å². The average Bonchev–Trinajstić information content (AvgIpc) is 3.16. The second-order valence-electron chi connectivity index (χ2n) is 7.18. The van der Waals surface area contributed by atoms with Crippen LogP contribution in [0.3, 0.4) is 0 Å². The molecule has 0 radical (unpaired) electrons. The number of nitrogens with zero attached hydrogens (tertiary/aromatic N) is 4. The summed E-state index contributed by atoms with van der Waals surface area (Å²) in [7, 11) is 3.11. The number of ether oxygens (including phenoxy) is 1. The van der Waals surface area contributed by atoms with Crippen LogP contribution in [0.4, 0.5) is 10.3 Å². The van der Waals surface area contributed by atoms with Gasteiger partial charge in [0.2, 0.25) is 5.95 Å². The zero-order valence-corrected chi connectivity index (χ0v) is 17.7. The fourth-order valence-corrected chi connectivity index (χ4v) is 3.28. The Morgan fingerprint density at radius 1 is 1.16 bits per heavy atom. The molecular weight excluding hydrogens is 415 g/mol. The van der Waals surface area contributed by atoms with Crippen molar-refractivity contribution in [2.45, 2.75) is 13.5 Å². The molecule has 0 bridgehead atoms. The molecule has 2 N–H and O–H groups in total. The molecule has 2 aromatic carbocycles. The van der Waals surface area contributed by atoms with E-state index < -0.39 is 11.2 Å². The van der Waals surface area contributed by atoms with Crippen LogP contribution in [0.1, 0.15) is 18.1 Å². The lowest BCUT2D eigenvalue weighted by Crippen LogP contribution is -2.29. The van der Waals surface area contributed by atoms with Gasteiger partial charge >= 0.3 is 5.69 Å². The second-order valence-corrected chi connectivity index (χ2v) is 7.18. The van der Waals surface area contributed by atoms with Crippen molar-refractivity contribution in [1.82, 2.24) is 19.1 Å². The van der Waals surface area contributed by atoms with E-state index in [4.69, 9.17) is 4.74 Å². The summed E-state index contributed by atoms with van der Waals surface area (Å²) < 4.78 is 21.4. The molecule has 4 aromatic rings. The number of methoxy groups -OCH3 is 1. The molecule has 0 fully saturated rings. The first-order valence-electron chi connectivity index (χ1n) is 9.76. The van der Waals surface area contributed by atoms with Crippen molar-refractivity contribution < 1.29 is 9.13 Å². The SMILES string of the molecule is COc1ccc(C(C)=NNc2nc3c(c(=O)[nH]c(=O)n3C)n2Cc2ccc(F)cc2)cc1. The van der Waals surface area contributed by atoms with E-state index in [1.54, 1.807) is 23.8 Å². The summed E-state index contributed by atoms with van der Waals surface area (Å²) in [6.45, 7) is 2.04. The Kier molecular flexibility index (Phi) is 5.59. The first kappa shape index (κ1) is 21.0. The number of aromatic amines is 1. The summed E-state index contributed by atoms with van der Waals surface area (Å²) in [6.07, 6.45) is 0. The van der Waals surface area contributed by atoms with Crippen LogP contribution >= 0.6 is 0 Å². The molecule has 4 rings (SSSR count). The van der Waals surface area contributed by atoms with Crippen molar-refractivity contribution in [2.24, 2.45) is 12.1 Å². The summed E-state index contributed by atoms with van der Waals surface area (Å²) in [4.78, 5) is 31.3. The van der Waals surface area contributed by atoms with E-state index in [2.05, 4.69) is 20.5 Å². The van der Waals surface area contributed by atoms with Gasteiger partial charge in [0.05, 0.1) is 19.4 Å². The maximum atomic E-state index is 13.3. The first-order valence-corrected chi connectivity index (χ1v) is 9.76. The molecule has 0 saturated carbocycles. The predicted octanol–water partition coefficient (Wildman–Crippen LogP) is 2.46. The number of imidazole rings is 1. The van der Waals surface area contributed by atoms with E-state index in [1.807, 2.05) is 31.2 Å². The predicted molar refractivity (Wildman–Crippen MR) is 120 cm³/mol. The van der Waals surface area contributed by atoms with E-state index in [-0.39, 0.29) is 29.5 Å². The minimum atomic E-state index is -0.571. The number of aromatic nitrogens is 4. The molecule has 0 atom stereocenters. The van der Waals surface area contributed by atoms with E-state index in [1.165, 1.54) is 23.7 Å². The van der Waals surface area contributed by atoms with Crippen molar-refractivity contribution in [3.05, 3.63) is 86.3 Å². The number of anilines is 1. The molecule has 0 saturated heterocycles. The molecule has 0 unspecified atom stereocenters. The average molecular weight is 436 g/mol. The quantitative estimate of drug-likeness (QED) is 0.357. The third-order valence-electron chi connectivity index (χ3n) is 5.09. The van der Waals surface area contributed by atoms with Crippen LogP contribution in [0.25, 0.3) is 11.2 Å². The summed E-state index contributed by atoms with van der Waals surface area (Å²) >= 11 is 0. The van der Waals surface area contributed by atoms with Gasteiger partial charge in [0.1, 0.15) is 11.6 Å². The highest BCUT2D eigenvalue weighted by molar-refractivity contribution is 5.99. The van der Waals surface area contributed by atoms with Gasteiger partial charge in [0, 0.05) is 7.05 Å². The number of hydrazone groups is 1. The van der Waals surface area contributed by atoms with Gasteiger partial charge < -0.3 is 4.74 Å². The standard InChI is InChI=1S/C22H21FN6O3/c1-13(15-6-10-17(32-3)11-7-15)26-27-21-24-19-18(20(30)25-22(31)28(19)2)29(21)12-14-4-8-16(23)9-5-14/h4-11H,12H2,1-3H3,(H,24,27)(H,25,30,31). The Morgan fingerprint density at radius 2 is 1.84 bits per heavy atom. The third kappa shape index (κ3) is 4.02. The number of aryl methyl sites for hydroxylation is 1. The summed E-state index contributed by atoms with van der Waals surface area (Å²) in [5.41, 5.74) is 4.47. The monoisotopic (exact) mass is 436 g/mol. The van der Waals surface area contributed by atoms with Crippen molar-refractivity contribution in [2.75, 3.05) is 12.5 Å². The molecule has 164 valence electrons. The minimum Gasteiger partial charge on any atom is -0.497 e. The van der Waals surface area contributed by atoms with Crippen LogP contribution in [0, 0.1) is 5.82 Å². The Balaban J connectivity index is 1.77. The fraction of sp³-hybridized carbons (Fsp3) is 0.182. The number of fused-ring (bicyclic) bond motifs is 1. The van der Waals surface area contributed by atoms with Gasteiger partial charge in [-0.25, -0.2) is 14.6 Å². The molecule has 0 aliphatic heterocycles. The van der Waals surface area contributed by atoms with Crippen LogP contribution in [0.15, 0.2) is 63.2 Å². The van der Waals surface area contributed by atoms with Crippen LogP contribution in [-0.2, 0) is 13.6 Å². The Bertz CT molecular complexity index is 1420. The van der Waals surface area contributed by atoms with E-state index in [0.717, 1.165) is 16.9 Å². The third-order valence-corrected chi connectivity index (χ3v) is 5.09. The van der Waals surface area contributed by atoms with E-state index in [9.17, 15) is 14.0 Å². The highest BCUT2D eigenvalue weighted by Gasteiger charge is 2.17. The largest absolute Gasteiger partial charge is 0.497 e. The lowest BCUT2D eigenvalue weighted by Gasteiger charge is -2.09. The number of rotatable bonds is 6. The second kappa shape index (κ2) is 8.50. The smallest absolute Gasteiger partial charge is 0.329 e. The minimum absolute atomic E-state index is 0.205. The normalized spacial score (nSPS) is 11.7. The fourth-order valence-electron chi connectivity index (χ4n) is 3.28. The van der Waals surface area contributed by atoms with Gasteiger partial charge in [0.25, 0.3) is 5.56 Å². The molecule has 0 amide bonds. The zero-order chi connectivity index (χ0) is 22.8. The zero-order valence-electron chi connectivity index (χ0n) is 17.7. The molecule has 0 aliphatic rings. The van der Waals surface area contributed by atoms with Gasteiger partial charge in [-0.1, -0.05) is 12.1 Å². The molecule has 9 nitrogen and oxygen atoms in total. The summed E-state index contributed by atoms with van der Waals surface area (Å²) in [6, 6.07) is 13.3. The lowest BCUT2D eigenvalue weighted by molar-refractivity contribution is 0.415. The lowest BCUT2D eigenvalue weighted by atomic mass is 10.1. The molecule has 0 aliphatic carbocycles. The molecule has 10 heteroatoms. The highest BCUT2D eigenvalue weighted by Crippen LogP contribution is 2.19. The van der Waals surface area contributed by atoms with Crippen molar-refractivity contribution >= 4 is 22.8 Å². The van der Waals surface area contributed by atoms with Gasteiger partial charge in [0.15, 0.2) is 11.2 Å². The first-order chi connectivity index (χ1) is 15.4. The number of H-pyrrole nitrogens is 1. The van der Waals surface area contributed by atoms with Gasteiger partial charge in [-0.3, -0.25) is 18.9 Å². The van der Waals surface area contributed by atoms with E-state index in [0.29, 0.717) is 5.71 Å². The number of hydrogen-bond acceptors (Lipinski definition) is 6. The van der Waals surface area contributed by atoms with Crippen molar-refractivity contribution in [3.8, 4) is 5.75 Å². The van der Waals surface area contributed by atoms with Crippen molar-refractivity contribution in [3.63, 3.8) is 0 Å². The van der Waals surface area contributed by atoms with Gasteiger partial charge in [-0.15, -0.1) is 0 Å². The van der Waals surface area contributed by atoms with Crippen LogP contribution in [0.2, 0.25) is 0 Å². The number of hydrogen-bond donors (Lipinski definition) is 2. The Labute approximate surface area is 181 Å². The molecule has 2 aromatic heterocycles. The molecule has 2 heterocycles. The van der Waals surface area contributed by atoms with Crippen molar-refractivity contribution in [1.29, 1.82) is 0 Å². The van der Waals surface area contributed by atoms with Crippen LogP contribution in [-0.4, -0.2) is 31.9 Å². The molecular formula is C22H21FN6O3. The number of halogens is 1. The molecule has 32 heavy (non-hydrogen) atoms. The summed E-state index contributed by atoms with van der Waals surface area (Å²) in [5.74, 6) is 0.641.